The summed E-state index contributed by atoms with van der Waals surface area (Å²) in [4.78, 5) is 4.28. The Morgan fingerprint density at radius 2 is 2.00 bits per heavy atom. The molecule has 0 amide bonds. The summed E-state index contributed by atoms with van der Waals surface area (Å²) < 4.78 is 5.82. The van der Waals surface area contributed by atoms with E-state index in [-0.39, 0.29) is 0 Å². The van der Waals surface area contributed by atoms with Crippen molar-refractivity contribution in [3.05, 3.63) is 59.3 Å². The molecule has 22 heavy (non-hydrogen) atoms. The van der Waals surface area contributed by atoms with Crippen molar-refractivity contribution in [2.75, 3.05) is 0 Å². The quantitative estimate of drug-likeness (QED) is 0.908. The Kier molecular flexibility index (Phi) is 4.54. The molecule has 1 aliphatic rings. The number of nitrogens with zero attached hydrogens (tertiary/aromatic N) is 1. The molecular weight excluding hydrogens is 272 g/mol. The lowest BCUT2D eigenvalue weighted by molar-refractivity contribution is 0.462. The molecule has 1 aromatic carbocycles. The highest BCUT2D eigenvalue weighted by atomic mass is 16.5. The summed E-state index contributed by atoms with van der Waals surface area (Å²) in [6, 6.07) is 12.4. The molecule has 2 N–H and O–H groups in total. The van der Waals surface area contributed by atoms with Crippen LogP contribution in [0, 0.1) is 6.92 Å². The van der Waals surface area contributed by atoms with Gasteiger partial charge >= 0.3 is 0 Å². The number of nitrogens with two attached hydrogens (primary N) is 1. The number of hydrogen-bond acceptors (Lipinski definition) is 3. The lowest BCUT2D eigenvalue weighted by Gasteiger charge is -2.20. The Hall–Kier alpha value is -2.13. The molecule has 1 heterocycles. The van der Waals surface area contributed by atoms with Crippen LogP contribution < -0.4 is 10.5 Å². The number of rotatable bonds is 3. The van der Waals surface area contributed by atoms with Gasteiger partial charge in [0.1, 0.15) is 5.75 Å². The predicted octanol–water partition coefficient (Wildman–Crippen LogP) is 4.47. The highest BCUT2D eigenvalue weighted by molar-refractivity contribution is 5.55. The molecule has 0 unspecified atom stereocenters. The first-order valence-electron chi connectivity index (χ1n) is 7.85. The van der Waals surface area contributed by atoms with Gasteiger partial charge in [0.15, 0.2) is 0 Å². The molecule has 3 nitrogen and oxygen atoms in total. The summed E-state index contributed by atoms with van der Waals surface area (Å²) in [5, 5.41) is 0. The number of aromatic nitrogens is 1. The summed E-state index contributed by atoms with van der Waals surface area (Å²) in [7, 11) is 0. The molecule has 0 radical (unpaired) electrons. The van der Waals surface area contributed by atoms with Gasteiger partial charge in [-0.1, -0.05) is 29.8 Å². The number of ether oxygens (including phenoxy) is 1. The van der Waals surface area contributed by atoms with E-state index in [1.807, 2.05) is 37.4 Å². The van der Waals surface area contributed by atoms with Crippen molar-refractivity contribution in [2.45, 2.75) is 38.6 Å². The van der Waals surface area contributed by atoms with Crippen molar-refractivity contribution in [1.82, 2.24) is 4.98 Å². The van der Waals surface area contributed by atoms with Gasteiger partial charge in [-0.15, -0.1) is 0 Å². The SMILES string of the molecule is Cc1ccc(Oc2cccc(C=C3CCC(N)CC3)c2)nc1. The average Bonchev–Trinajstić information content (AvgIpc) is 2.52. The van der Waals surface area contributed by atoms with Crippen molar-refractivity contribution in [2.24, 2.45) is 5.73 Å². The van der Waals surface area contributed by atoms with Gasteiger partial charge in [-0.2, -0.15) is 0 Å². The van der Waals surface area contributed by atoms with E-state index in [0.717, 1.165) is 37.0 Å². The second-order valence-corrected chi connectivity index (χ2v) is 5.99. The maximum atomic E-state index is 5.96. The molecule has 114 valence electrons. The fraction of sp³-hybridized carbons (Fsp3) is 0.316. The Morgan fingerprint density at radius 1 is 1.18 bits per heavy atom. The fourth-order valence-electron chi connectivity index (χ4n) is 2.69. The predicted molar refractivity (Wildman–Crippen MR) is 89.9 cm³/mol. The van der Waals surface area contributed by atoms with E-state index in [1.165, 1.54) is 11.1 Å². The van der Waals surface area contributed by atoms with Crippen LogP contribution in [0.2, 0.25) is 0 Å². The Bertz CT molecular complexity index is 651. The number of allylic oxidation sites excluding steroid dienone is 1. The highest BCUT2D eigenvalue weighted by Crippen LogP contribution is 2.26. The van der Waals surface area contributed by atoms with E-state index >= 15 is 0 Å². The van der Waals surface area contributed by atoms with E-state index in [1.54, 1.807) is 0 Å². The molecule has 1 fully saturated rings. The normalized spacial score (nSPS) is 18.1. The van der Waals surface area contributed by atoms with E-state index in [9.17, 15) is 0 Å². The first-order chi connectivity index (χ1) is 10.7. The highest BCUT2D eigenvalue weighted by Gasteiger charge is 2.12. The summed E-state index contributed by atoms with van der Waals surface area (Å²) >= 11 is 0. The second kappa shape index (κ2) is 6.75. The van der Waals surface area contributed by atoms with Crippen molar-refractivity contribution >= 4 is 6.08 Å². The fourth-order valence-corrected chi connectivity index (χ4v) is 2.69. The summed E-state index contributed by atoms with van der Waals surface area (Å²) in [5.74, 6) is 1.44. The maximum absolute atomic E-state index is 5.96. The van der Waals surface area contributed by atoms with Crippen LogP contribution >= 0.6 is 0 Å². The summed E-state index contributed by atoms with van der Waals surface area (Å²) in [6.07, 6.45) is 8.47. The van der Waals surface area contributed by atoms with E-state index in [4.69, 9.17) is 10.5 Å². The maximum Gasteiger partial charge on any atom is 0.219 e. The van der Waals surface area contributed by atoms with Crippen LogP contribution in [-0.2, 0) is 0 Å². The van der Waals surface area contributed by atoms with Crippen LogP contribution in [0.3, 0.4) is 0 Å². The smallest absolute Gasteiger partial charge is 0.219 e. The van der Waals surface area contributed by atoms with Gasteiger partial charge in [0.25, 0.3) is 0 Å². The molecule has 0 spiro atoms. The zero-order valence-corrected chi connectivity index (χ0v) is 13.0. The first-order valence-corrected chi connectivity index (χ1v) is 7.85. The molecule has 0 bridgehead atoms. The third-order valence-corrected chi connectivity index (χ3v) is 4.01. The van der Waals surface area contributed by atoms with Crippen molar-refractivity contribution in [3.63, 3.8) is 0 Å². The van der Waals surface area contributed by atoms with Crippen LogP contribution in [0.4, 0.5) is 0 Å². The molecule has 0 atom stereocenters. The van der Waals surface area contributed by atoms with Crippen LogP contribution in [0.5, 0.6) is 11.6 Å². The Labute approximate surface area is 131 Å². The first kappa shape index (κ1) is 14.8. The summed E-state index contributed by atoms with van der Waals surface area (Å²) in [5.41, 5.74) is 9.74. The average molecular weight is 294 g/mol. The molecule has 2 aromatic rings. The number of hydrogen-bond donors (Lipinski definition) is 1. The second-order valence-electron chi connectivity index (χ2n) is 5.99. The van der Waals surface area contributed by atoms with E-state index in [0.29, 0.717) is 11.9 Å². The monoisotopic (exact) mass is 294 g/mol. The Balaban J connectivity index is 1.72. The lowest BCUT2D eigenvalue weighted by atomic mass is 9.90. The van der Waals surface area contributed by atoms with Crippen molar-refractivity contribution in [1.29, 1.82) is 0 Å². The largest absolute Gasteiger partial charge is 0.439 e. The molecule has 0 saturated heterocycles. The van der Waals surface area contributed by atoms with Gasteiger partial charge in [-0.3, -0.25) is 0 Å². The van der Waals surface area contributed by atoms with Gasteiger partial charge in [-0.25, -0.2) is 4.98 Å². The van der Waals surface area contributed by atoms with Crippen molar-refractivity contribution in [3.8, 4) is 11.6 Å². The lowest BCUT2D eigenvalue weighted by Crippen LogP contribution is -2.23. The minimum atomic E-state index is 0.374. The van der Waals surface area contributed by atoms with Gasteiger partial charge in [0.2, 0.25) is 5.88 Å². The topological polar surface area (TPSA) is 48.1 Å². The molecule has 1 aromatic heterocycles. The van der Waals surface area contributed by atoms with E-state index in [2.05, 4.69) is 23.2 Å². The number of benzene rings is 1. The number of pyridine rings is 1. The van der Waals surface area contributed by atoms with Gasteiger partial charge in [0, 0.05) is 18.3 Å². The van der Waals surface area contributed by atoms with Crippen LogP contribution in [-0.4, -0.2) is 11.0 Å². The van der Waals surface area contributed by atoms with Crippen LogP contribution in [0.25, 0.3) is 6.08 Å². The zero-order chi connectivity index (χ0) is 15.4. The third-order valence-electron chi connectivity index (χ3n) is 4.01. The molecule has 1 saturated carbocycles. The minimum Gasteiger partial charge on any atom is -0.439 e. The van der Waals surface area contributed by atoms with Crippen molar-refractivity contribution < 1.29 is 4.74 Å². The van der Waals surface area contributed by atoms with Crippen LogP contribution in [0.15, 0.2) is 48.2 Å². The van der Waals surface area contributed by atoms with Crippen LogP contribution in [0.1, 0.15) is 36.8 Å². The standard InChI is InChI=1S/C19H22N2O/c1-14-5-10-19(21-13-14)22-18-4-2-3-16(12-18)11-15-6-8-17(20)9-7-15/h2-5,10-13,17H,6-9,20H2,1H3. The van der Waals surface area contributed by atoms with Gasteiger partial charge in [0.05, 0.1) is 0 Å². The zero-order valence-electron chi connectivity index (χ0n) is 13.0. The number of aryl methyl sites for hydroxylation is 1. The van der Waals surface area contributed by atoms with Gasteiger partial charge < -0.3 is 10.5 Å². The molecule has 0 aliphatic heterocycles. The molecule has 3 rings (SSSR count). The Morgan fingerprint density at radius 3 is 2.73 bits per heavy atom. The molecular formula is C19H22N2O. The molecule has 1 aliphatic carbocycles. The minimum absolute atomic E-state index is 0.374. The third kappa shape index (κ3) is 3.95. The summed E-state index contributed by atoms with van der Waals surface area (Å²) in [6.45, 7) is 2.01. The van der Waals surface area contributed by atoms with E-state index < -0.39 is 0 Å². The molecule has 3 heteroatoms. The van der Waals surface area contributed by atoms with Gasteiger partial charge in [-0.05, 0) is 55.9 Å².